The van der Waals surface area contributed by atoms with E-state index in [0.717, 1.165) is 37.1 Å². The minimum Gasteiger partial charge on any atom is -0.370 e. The molecule has 1 aromatic rings. The summed E-state index contributed by atoms with van der Waals surface area (Å²) < 4.78 is 0. The molecule has 0 bridgehead atoms. The van der Waals surface area contributed by atoms with Crippen molar-refractivity contribution in [2.45, 2.75) is 46.1 Å². The number of pyridine rings is 1. The van der Waals surface area contributed by atoms with Crippen LogP contribution in [0.2, 0.25) is 0 Å². The van der Waals surface area contributed by atoms with Gasteiger partial charge in [-0.15, -0.1) is 0 Å². The molecule has 0 saturated carbocycles. The van der Waals surface area contributed by atoms with E-state index in [0.29, 0.717) is 6.04 Å². The maximum absolute atomic E-state index is 4.73. The number of nitrogens with zero attached hydrogens (tertiary/aromatic N) is 2. The van der Waals surface area contributed by atoms with E-state index in [1.807, 2.05) is 0 Å². The Morgan fingerprint density at radius 3 is 2.94 bits per heavy atom. The largest absolute Gasteiger partial charge is 0.370 e. The lowest BCUT2D eigenvalue weighted by Gasteiger charge is -2.37. The van der Waals surface area contributed by atoms with Crippen LogP contribution in [-0.4, -0.2) is 24.1 Å². The second-order valence-electron chi connectivity index (χ2n) is 5.49. The van der Waals surface area contributed by atoms with Crippen LogP contribution < -0.4 is 10.2 Å². The van der Waals surface area contributed by atoms with Gasteiger partial charge >= 0.3 is 0 Å². The molecule has 0 spiro atoms. The second kappa shape index (κ2) is 6.07. The SMILES string of the molecule is CCCNc1cccc(N2CC(C)CCC2C)n1. The van der Waals surface area contributed by atoms with E-state index in [4.69, 9.17) is 4.98 Å². The fraction of sp³-hybridized carbons (Fsp3) is 0.667. The molecule has 18 heavy (non-hydrogen) atoms. The van der Waals surface area contributed by atoms with E-state index in [1.165, 1.54) is 12.8 Å². The predicted octanol–water partition coefficient (Wildman–Crippen LogP) is 3.53. The maximum Gasteiger partial charge on any atom is 0.131 e. The zero-order chi connectivity index (χ0) is 13.0. The van der Waals surface area contributed by atoms with E-state index < -0.39 is 0 Å². The van der Waals surface area contributed by atoms with Crippen LogP contribution in [0.1, 0.15) is 40.0 Å². The number of nitrogens with one attached hydrogen (secondary N) is 1. The van der Waals surface area contributed by atoms with E-state index in [2.05, 4.69) is 49.2 Å². The lowest BCUT2D eigenvalue weighted by molar-refractivity contribution is 0.388. The van der Waals surface area contributed by atoms with Crippen molar-refractivity contribution in [2.75, 3.05) is 23.3 Å². The van der Waals surface area contributed by atoms with Gasteiger partial charge in [0.1, 0.15) is 11.6 Å². The van der Waals surface area contributed by atoms with E-state index >= 15 is 0 Å². The third kappa shape index (κ3) is 3.15. The maximum atomic E-state index is 4.73. The average molecular weight is 247 g/mol. The number of aromatic nitrogens is 1. The molecule has 2 unspecified atom stereocenters. The molecule has 0 aromatic carbocycles. The highest BCUT2D eigenvalue weighted by Gasteiger charge is 2.23. The van der Waals surface area contributed by atoms with Crippen molar-refractivity contribution in [3.8, 4) is 0 Å². The van der Waals surface area contributed by atoms with Crippen LogP contribution >= 0.6 is 0 Å². The minimum absolute atomic E-state index is 0.607. The highest BCUT2D eigenvalue weighted by atomic mass is 15.2. The van der Waals surface area contributed by atoms with Crippen LogP contribution in [0.25, 0.3) is 0 Å². The van der Waals surface area contributed by atoms with Gasteiger partial charge in [0.25, 0.3) is 0 Å². The topological polar surface area (TPSA) is 28.2 Å². The Labute approximate surface area is 111 Å². The van der Waals surface area contributed by atoms with E-state index in [9.17, 15) is 0 Å². The number of hydrogen-bond acceptors (Lipinski definition) is 3. The number of piperidine rings is 1. The van der Waals surface area contributed by atoms with Crippen LogP contribution in [0.15, 0.2) is 18.2 Å². The van der Waals surface area contributed by atoms with Crippen molar-refractivity contribution >= 4 is 11.6 Å². The second-order valence-corrected chi connectivity index (χ2v) is 5.49. The highest BCUT2D eigenvalue weighted by molar-refractivity contribution is 5.48. The summed E-state index contributed by atoms with van der Waals surface area (Å²) in [5.41, 5.74) is 0. The molecule has 3 nitrogen and oxygen atoms in total. The van der Waals surface area contributed by atoms with Crippen molar-refractivity contribution in [3.05, 3.63) is 18.2 Å². The van der Waals surface area contributed by atoms with Crippen molar-refractivity contribution in [3.63, 3.8) is 0 Å². The number of rotatable bonds is 4. The third-order valence-corrected chi connectivity index (χ3v) is 3.70. The molecule has 1 aromatic heterocycles. The minimum atomic E-state index is 0.607. The Morgan fingerprint density at radius 2 is 2.17 bits per heavy atom. The lowest BCUT2D eigenvalue weighted by Crippen LogP contribution is -2.41. The summed E-state index contributed by atoms with van der Waals surface area (Å²) in [6, 6.07) is 6.89. The fourth-order valence-corrected chi connectivity index (χ4v) is 2.54. The standard InChI is InChI=1S/C15H25N3/c1-4-10-16-14-6-5-7-15(17-14)18-11-12(2)8-9-13(18)3/h5-7,12-13H,4,8-11H2,1-3H3,(H,16,17). The summed E-state index contributed by atoms with van der Waals surface area (Å²) in [6.07, 6.45) is 3.74. The molecular formula is C15H25N3. The molecule has 100 valence electrons. The fourth-order valence-electron chi connectivity index (χ4n) is 2.54. The van der Waals surface area contributed by atoms with Gasteiger partial charge in [-0.2, -0.15) is 0 Å². The summed E-state index contributed by atoms with van der Waals surface area (Å²) >= 11 is 0. The number of anilines is 2. The van der Waals surface area contributed by atoms with Crippen molar-refractivity contribution < 1.29 is 0 Å². The van der Waals surface area contributed by atoms with Crippen LogP contribution in [0, 0.1) is 5.92 Å². The average Bonchev–Trinajstić information content (AvgIpc) is 2.39. The van der Waals surface area contributed by atoms with Crippen LogP contribution in [-0.2, 0) is 0 Å². The van der Waals surface area contributed by atoms with Crippen LogP contribution in [0.4, 0.5) is 11.6 Å². The number of hydrogen-bond donors (Lipinski definition) is 1. The Balaban J connectivity index is 2.11. The quantitative estimate of drug-likeness (QED) is 0.882. The first-order valence-electron chi connectivity index (χ1n) is 7.18. The molecule has 0 aliphatic carbocycles. The monoisotopic (exact) mass is 247 g/mol. The first-order chi connectivity index (χ1) is 8.70. The molecule has 1 aliphatic rings. The Morgan fingerprint density at radius 1 is 1.33 bits per heavy atom. The molecule has 3 heteroatoms. The van der Waals surface area contributed by atoms with E-state index in [1.54, 1.807) is 0 Å². The molecule has 0 radical (unpaired) electrons. The summed E-state index contributed by atoms with van der Waals surface area (Å²) in [5, 5.41) is 3.36. The van der Waals surface area contributed by atoms with Crippen LogP contribution in [0.3, 0.4) is 0 Å². The zero-order valence-electron chi connectivity index (χ0n) is 11.8. The van der Waals surface area contributed by atoms with Gasteiger partial charge in [0.05, 0.1) is 0 Å². The van der Waals surface area contributed by atoms with Crippen molar-refractivity contribution in [2.24, 2.45) is 5.92 Å². The van der Waals surface area contributed by atoms with Crippen LogP contribution in [0.5, 0.6) is 0 Å². The molecule has 1 N–H and O–H groups in total. The first kappa shape index (κ1) is 13.2. The molecule has 1 saturated heterocycles. The van der Waals surface area contributed by atoms with Crippen molar-refractivity contribution in [1.82, 2.24) is 4.98 Å². The van der Waals surface area contributed by atoms with Gasteiger partial charge in [-0.25, -0.2) is 4.98 Å². The summed E-state index contributed by atoms with van der Waals surface area (Å²) in [7, 11) is 0. The molecular weight excluding hydrogens is 222 g/mol. The van der Waals surface area contributed by atoms with E-state index in [-0.39, 0.29) is 0 Å². The predicted molar refractivity (Wildman–Crippen MR) is 78.2 cm³/mol. The summed E-state index contributed by atoms with van der Waals surface area (Å²) in [5.74, 6) is 2.89. The normalized spacial score (nSPS) is 24.1. The van der Waals surface area contributed by atoms with Gasteiger partial charge < -0.3 is 10.2 Å². The smallest absolute Gasteiger partial charge is 0.131 e. The molecule has 0 amide bonds. The molecule has 2 atom stereocenters. The molecule has 1 fully saturated rings. The third-order valence-electron chi connectivity index (χ3n) is 3.70. The molecule has 1 aliphatic heterocycles. The Hall–Kier alpha value is -1.25. The zero-order valence-corrected chi connectivity index (χ0v) is 11.8. The molecule has 2 rings (SSSR count). The van der Waals surface area contributed by atoms with Crippen molar-refractivity contribution in [1.29, 1.82) is 0 Å². The summed E-state index contributed by atoms with van der Waals surface area (Å²) in [4.78, 5) is 7.18. The first-order valence-corrected chi connectivity index (χ1v) is 7.18. The van der Waals surface area contributed by atoms with Gasteiger partial charge in [0.2, 0.25) is 0 Å². The lowest BCUT2D eigenvalue weighted by atomic mass is 9.95. The van der Waals surface area contributed by atoms with Gasteiger partial charge in [-0.1, -0.05) is 19.9 Å². The van der Waals surface area contributed by atoms with Gasteiger partial charge in [-0.3, -0.25) is 0 Å². The highest BCUT2D eigenvalue weighted by Crippen LogP contribution is 2.26. The Kier molecular flexibility index (Phi) is 4.45. The Bertz CT molecular complexity index is 378. The molecule has 2 heterocycles. The van der Waals surface area contributed by atoms with Gasteiger partial charge in [0.15, 0.2) is 0 Å². The van der Waals surface area contributed by atoms with Gasteiger partial charge in [-0.05, 0) is 44.2 Å². The summed E-state index contributed by atoms with van der Waals surface area (Å²) in [6.45, 7) is 8.93. The van der Waals surface area contributed by atoms with Gasteiger partial charge in [0, 0.05) is 19.1 Å².